The number of aromatic amines is 1. The van der Waals surface area contributed by atoms with Crippen molar-refractivity contribution in [1.29, 1.82) is 0 Å². The Balaban J connectivity index is 1.74. The van der Waals surface area contributed by atoms with Crippen molar-refractivity contribution < 1.29 is 34.1 Å². The van der Waals surface area contributed by atoms with Gasteiger partial charge in [0.15, 0.2) is 5.78 Å². The number of hydrogen-bond acceptors (Lipinski definition) is 7. The van der Waals surface area contributed by atoms with Gasteiger partial charge < -0.3 is 29.6 Å². The van der Waals surface area contributed by atoms with Crippen molar-refractivity contribution in [3.63, 3.8) is 0 Å². The third-order valence-electron chi connectivity index (χ3n) is 6.67. The van der Waals surface area contributed by atoms with Crippen LogP contribution in [0.1, 0.15) is 21.6 Å². The van der Waals surface area contributed by atoms with Crippen LogP contribution in [0.5, 0.6) is 11.5 Å². The zero-order chi connectivity index (χ0) is 25.8. The number of halogens is 1. The van der Waals surface area contributed by atoms with Gasteiger partial charge in [0.1, 0.15) is 11.5 Å². The fraction of sp³-hybridized carbons (Fsp3) is 0.192. The lowest BCUT2D eigenvalue weighted by atomic mass is 9.75. The summed E-state index contributed by atoms with van der Waals surface area (Å²) in [5.74, 6) is -2.38. The predicted molar refractivity (Wildman–Crippen MR) is 133 cm³/mol. The first-order valence-electron chi connectivity index (χ1n) is 11.0. The zero-order valence-corrected chi connectivity index (χ0v) is 20.9. The lowest BCUT2D eigenvalue weighted by molar-refractivity contribution is -0.153. The van der Waals surface area contributed by atoms with E-state index in [0.29, 0.717) is 27.9 Å². The van der Waals surface area contributed by atoms with Crippen LogP contribution in [-0.2, 0) is 26.3 Å². The fourth-order valence-corrected chi connectivity index (χ4v) is 5.37. The Morgan fingerprint density at radius 2 is 1.92 bits per heavy atom. The molecule has 0 bridgehead atoms. The Morgan fingerprint density at radius 3 is 2.61 bits per heavy atom. The molecular formula is C26H21BrN2O7. The van der Waals surface area contributed by atoms with Gasteiger partial charge in [-0.25, -0.2) is 9.59 Å². The van der Waals surface area contributed by atoms with Crippen molar-refractivity contribution in [2.45, 2.75) is 12.0 Å². The Kier molecular flexibility index (Phi) is 5.63. The van der Waals surface area contributed by atoms with Crippen molar-refractivity contribution in [2.75, 3.05) is 20.8 Å². The molecule has 9 nitrogen and oxygen atoms in total. The lowest BCUT2D eigenvalue weighted by Gasteiger charge is -2.46. The van der Waals surface area contributed by atoms with Gasteiger partial charge in [0, 0.05) is 33.7 Å². The normalized spacial score (nSPS) is 18.6. The number of benzene rings is 2. The molecule has 3 aromatic rings. The SMILES string of the molecule is COC(=O)C1=CC(C(=O)c2cc(Br)ccc2O)=CN2CCc3c([nH]c4ccc(OC)cc34)C12C(=O)O. The second-order valence-corrected chi connectivity index (χ2v) is 9.39. The molecule has 2 aliphatic heterocycles. The molecule has 1 unspecified atom stereocenters. The lowest BCUT2D eigenvalue weighted by Crippen LogP contribution is -2.57. The van der Waals surface area contributed by atoms with Gasteiger partial charge >= 0.3 is 11.9 Å². The number of allylic oxidation sites excluding steroid dienone is 2. The van der Waals surface area contributed by atoms with Gasteiger partial charge in [-0.2, -0.15) is 0 Å². The highest BCUT2D eigenvalue weighted by molar-refractivity contribution is 9.10. The molecule has 184 valence electrons. The summed E-state index contributed by atoms with van der Waals surface area (Å²) >= 11 is 3.29. The number of carbonyl (C=O) groups is 3. The quantitative estimate of drug-likeness (QED) is 0.323. The summed E-state index contributed by atoms with van der Waals surface area (Å²) in [5.41, 5.74) is -0.374. The second kappa shape index (κ2) is 8.56. The fourth-order valence-electron chi connectivity index (χ4n) is 5.01. The number of ketones is 1. The molecule has 36 heavy (non-hydrogen) atoms. The molecule has 3 heterocycles. The maximum absolute atomic E-state index is 13.4. The van der Waals surface area contributed by atoms with E-state index in [2.05, 4.69) is 20.9 Å². The van der Waals surface area contributed by atoms with E-state index in [-0.39, 0.29) is 29.0 Å². The first kappa shape index (κ1) is 23.7. The van der Waals surface area contributed by atoms with Crippen molar-refractivity contribution >= 4 is 44.6 Å². The summed E-state index contributed by atoms with van der Waals surface area (Å²) in [6, 6.07) is 9.79. The van der Waals surface area contributed by atoms with Crippen LogP contribution in [-0.4, -0.2) is 58.6 Å². The molecule has 0 saturated heterocycles. The van der Waals surface area contributed by atoms with E-state index in [1.807, 2.05) is 6.07 Å². The number of methoxy groups -OCH3 is 2. The van der Waals surface area contributed by atoms with Crippen molar-refractivity contribution in [1.82, 2.24) is 9.88 Å². The number of carbonyl (C=O) groups excluding carboxylic acids is 2. The van der Waals surface area contributed by atoms with Crippen LogP contribution in [0.4, 0.5) is 0 Å². The molecule has 3 N–H and O–H groups in total. The zero-order valence-electron chi connectivity index (χ0n) is 19.3. The highest BCUT2D eigenvalue weighted by Crippen LogP contribution is 2.47. The summed E-state index contributed by atoms with van der Waals surface area (Å²) in [6.45, 7) is 0.207. The Bertz CT molecular complexity index is 1520. The molecule has 2 aromatic carbocycles. The van der Waals surface area contributed by atoms with Gasteiger partial charge in [-0.15, -0.1) is 0 Å². The number of rotatable bonds is 5. The van der Waals surface area contributed by atoms with Crippen molar-refractivity contribution in [3.05, 3.63) is 81.1 Å². The van der Waals surface area contributed by atoms with Crippen molar-refractivity contribution in [3.8, 4) is 11.5 Å². The van der Waals surface area contributed by atoms with Gasteiger partial charge in [0.25, 0.3) is 0 Å². The highest BCUT2D eigenvalue weighted by Gasteiger charge is 2.57. The number of Topliss-reactive ketones (excluding diaryl/α,β-unsaturated/α-hetero) is 1. The summed E-state index contributed by atoms with van der Waals surface area (Å²) in [4.78, 5) is 44.2. The minimum atomic E-state index is -1.95. The number of fused-ring (bicyclic) bond motifs is 5. The van der Waals surface area contributed by atoms with Gasteiger partial charge in [-0.1, -0.05) is 15.9 Å². The van der Waals surface area contributed by atoms with E-state index >= 15 is 0 Å². The molecule has 0 spiro atoms. The average molecular weight is 553 g/mol. The maximum atomic E-state index is 13.4. The Hall–Kier alpha value is -4.05. The molecule has 10 heteroatoms. The summed E-state index contributed by atoms with van der Waals surface area (Å²) < 4.78 is 10.9. The first-order chi connectivity index (χ1) is 17.2. The molecule has 5 rings (SSSR count). The molecule has 0 amide bonds. The molecule has 0 aliphatic carbocycles. The molecule has 2 aliphatic rings. The van der Waals surface area contributed by atoms with E-state index < -0.39 is 23.3 Å². The van der Waals surface area contributed by atoms with Gasteiger partial charge in [-0.3, -0.25) is 4.79 Å². The Labute approximate surface area is 213 Å². The van der Waals surface area contributed by atoms with Gasteiger partial charge in [-0.05, 0) is 54.5 Å². The van der Waals surface area contributed by atoms with Gasteiger partial charge in [0.05, 0.1) is 31.1 Å². The number of H-pyrrole nitrogens is 1. The molecule has 1 atom stereocenters. The predicted octanol–water partition coefficient (Wildman–Crippen LogP) is 3.66. The number of carboxylic acids is 1. The van der Waals surface area contributed by atoms with E-state index in [9.17, 15) is 24.6 Å². The number of aliphatic carboxylic acids is 1. The van der Waals surface area contributed by atoms with Gasteiger partial charge in [0.2, 0.25) is 5.54 Å². The van der Waals surface area contributed by atoms with E-state index in [1.54, 1.807) is 25.3 Å². The summed E-state index contributed by atoms with van der Waals surface area (Å²) in [6.07, 6.45) is 3.12. The molecule has 1 aromatic heterocycles. The van der Waals surface area contributed by atoms with Crippen molar-refractivity contribution in [2.24, 2.45) is 0 Å². The minimum absolute atomic E-state index is 0.00863. The van der Waals surface area contributed by atoms with Crippen LogP contribution in [0.3, 0.4) is 0 Å². The van der Waals surface area contributed by atoms with Crippen LogP contribution in [0, 0.1) is 0 Å². The Morgan fingerprint density at radius 1 is 1.14 bits per heavy atom. The number of aromatic nitrogens is 1. The van der Waals surface area contributed by atoms with Crippen LogP contribution in [0.15, 0.2) is 64.3 Å². The number of aromatic hydroxyl groups is 1. The van der Waals surface area contributed by atoms with E-state index in [0.717, 1.165) is 18.1 Å². The van der Waals surface area contributed by atoms with Crippen LogP contribution < -0.4 is 4.74 Å². The van der Waals surface area contributed by atoms with Crippen LogP contribution in [0.25, 0.3) is 10.9 Å². The number of phenolic OH excluding ortho intramolecular Hbond substituents is 1. The topological polar surface area (TPSA) is 129 Å². The standard InChI is InChI=1S/C26H21BrN2O7/c1-35-15-4-5-20-17(11-15)16-7-8-29-12-13(22(31)18-10-14(27)3-6-21(18)30)9-19(24(32)36-2)26(29,25(33)34)23(16)28-20/h3-6,9-12,28,30H,7-8H2,1-2H3,(H,33,34). The number of hydrogen-bond donors (Lipinski definition) is 3. The molecule has 0 fully saturated rings. The van der Waals surface area contributed by atoms with Crippen LogP contribution >= 0.6 is 15.9 Å². The third kappa shape index (κ3) is 3.32. The first-order valence-corrected chi connectivity index (χ1v) is 11.8. The number of nitrogens with one attached hydrogen (secondary N) is 1. The van der Waals surface area contributed by atoms with E-state index in [4.69, 9.17) is 9.47 Å². The number of nitrogens with zero attached hydrogens (tertiary/aromatic N) is 1. The van der Waals surface area contributed by atoms with Crippen LogP contribution in [0.2, 0.25) is 0 Å². The average Bonchev–Trinajstić information content (AvgIpc) is 3.26. The number of phenols is 1. The molecule has 0 radical (unpaired) electrons. The summed E-state index contributed by atoms with van der Waals surface area (Å²) in [7, 11) is 2.70. The van der Waals surface area contributed by atoms with E-state index in [1.165, 1.54) is 29.3 Å². The number of carboxylic acid groups (broad SMARTS) is 1. The number of ether oxygens (including phenoxy) is 2. The smallest absolute Gasteiger partial charge is 0.340 e. The number of esters is 1. The third-order valence-corrected chi connectivity index (χ3v) is 7.17. The highest BCUT2D eigenvalue weighted by atomic mass is 79.9. The monoisotopic (exact) mass is 552 g/mol. The second-order valence-electron chi connectivity index (χ2n) is 8.47. The summed E-state index contributed by atoms with van der Waals surface area (Å²) in [5, 5.41) is 21.7. The molecular weight excluding hydrogens is 532 g/mol. The largest absolute Gasteiger partial charge is 0.507 e. The molecule has 0 saturated carbocycles. The minimum Gasteiger partial charge on any atom is -0.507 e. The maximum Gasteiger partial charge on any atom is 0.340 e.